The second-order valence-electron chi connectivity index (χ2n) is 4.35. The van der Waals surface area contributed by atoms with Crippen LogP contribution in [0.2, 0.25) is 0 Å². The van der Waals surface area contributed by atoms with Crippen molar-refractivity contribution in [1.82, 2.24) is 4.98 Å². The number of nitrogens with one attached hydrogen (secondary N) is 1. The smallest absolute Gasteiger partial charge is 0.299 e. The molecule has 0 radical (unpaired) electrons. The minimum absolute atomic E-state index is 0.562. The fraction of sp³-hybridized carbons (Fsp3) is 0.462. The van der Waals surface area contributed by atoms with Crippen LogP contribution in [0.25, 0.3) is 4.85 Å². The van der Waals surface area contributed by atoms with Gasteiger partial charge in [0.05, 0.1) is 18.0 Å². The number of hydrogen-bond acceptors (Lipinski definition) is 3. The van der Waals surface area contributed by atoms with E-state index in [1.54, 1.807) is 6.20 Å². The molecule has 0 atom stereocenters. The van der Waals surface area contributed by atoms with E-state index in [0.29, 0.717) is 6.42 Å². The van der Waals surface area contributed by atoms with Crippen LogP contribution in [0.15, 0.2) is 18.3 Å². The first-order valence-corrected chi connectivity index (χ1v) is 5.56. The molecule has 0 aliphatic rings. The van der Waals surface area contributed by atoms with Gasteiger partial charge < -0.3 is 5.32 Å². The number of unbranched alkanes of at least 4 members (excludes halogenated alkanes) is 1. The van der Waals surface area contributed by atoms with Gasteiger partial charge in [0.25, 0.3) is 5.66 Å². The third-order valence-electron chi connectivity index (χ3n) is 2.28. The van der Waals surface area contributed by atoms with Crippen LogP contribution in [0.4, 0.5) is 5.69 Å². The number of rotatable bonds is 5. The van der Waals surface area contributed by atoms with E-state index in [4.69, 9.17) is 11.8 Å². The fourth-order valence-electron chi connectivity index (χ4n) is 1.38. The number of pyridine rings is 1. The zero-order valence-corrected chi connectivity index (χ0v) is 10.2. The summed E-state index contributed by atoms with van der Waals surface area (Å²) in [5, 5.41) is 11.5. The van der Waals surface area contributed by atoms with E-state index in [1.165, 1.54) is 0 Å². The Bertz CT molecular complexity index is 434. The van der Waals surface area contributed by atoms with Crippen molar-refractivity contribution in [3.05, 3.63) is 35.4 Å². The first-order valence-electron chi connectivity index (χ1n) is 5.56. The van der Waals surface area contributed by atoms with Crippen LogP contribution in [0.1, 0.15) is 32.4 Å². The van der Waals surface area contributed by atoms with Gasteiger partial charge in [-0.2, -0.15) is 5.26 Å². The van der Waals surface area contributed by atoms with Crippen LogP contribution in [0, 0.1) is 17.9 Å². The summed E-state index contributed by atoms with van der Waals surface area (Å²) >= 11 is 0. The Morgan fingerprint density at radius 2 is 2.29 bits per heavy atom. The molecule has 17 heavy (non-hydrogen) atoms. The summed E-state index contributed by atoms with van der Waals surface area (Å²) in [5.74, 6) is 0. The molecule has 4 heteroatoms. The topological polar surface area (TPSA) is 53.1 Å². The predicted molar refractivity (Wildman–Crippen MR) is 67.1 cm³/mol. The Morgan fingerprint density at radius 1 is 1.53 bits per heavy atom. The molecule has 0 aromatic carbocycles. The minimum atomic E-state index is -0.607. The average Bonchev–Trinajstić information content (AvgIpc) is 2.31. The Labute approximate surface area is 102 Å². The SMILES string of the molecule is [C-]#[N+]C(C)(C)Nc1ccc(CCCC#N)nc1. The highest BCUT2D eigenvalue weighted by Crippen LogP contribution is 2.15. The lowest BCUT2D eigenvalue weighted by Crippen LogP contribution is -2.26. The van der Waals surface area contributed by atoms with Gasteiger partial charge in [-0.15, -0.1) is 0 Å². The summed E-state index contributed by atoms with van der Waals surface area (Å²) in [6.07, 6.45) is 3.95. The van der Waals surface area contributed by atoms with Crippen molar-refractivity contribution in [2.75, 3.05) is 5.32 Å². The number of hydrogen-bond donors (Lipinski definition) is 1. The third-order valence-corrected chi connectivity index (χ3v) is 2.28. The van der Waals surface area contributed by atoms with Gasteiger partial charge in [-0.1, -0.05) is 0 Å². The van der Waals surface area contributed by atoms with Crippen LogP contribution in [-0.4, -0.2) is 10.6 Å². The maximum absolute atomic E-state index is 8.43. The standard InChI is InChI=1S/C13H16N4/c1-13(2,15-3)17-12-8-7-11(16-10-12)6-4-5-9-14/h7-8,10,17H,4-6H2,1-2H3. The number of aromatic nitrogens is 1. The Hall–Kier alpha value is -2.07. The first-order chi connectivity index (χ1) is 8.07. The van der Waals surface area contributed by atoms with Gasteiger partial charge in [-0.3, -0.25) is 9.83 Å². The molecule has 0 amide bonds. The minimum Gasteiger partial charge on any atom is -0.313 e. The van der Waals surface area contributed by atoms with E-state index in [2.05, 4.69) is 21.2 Å². The van der Waals surface area contributed by atoms with E-state index in [1.807, 2.05) is 26.0 Å². The molecule has 1 aromatic rings. The van der Waals surface area contributed by atoms with Gasteiger partial charge >= 0.3 is 0 Å². The molecule has 88 valence electrons. The summed E-state index contributed by atoms with van der Waals surface area (Å²) in [6.45, 7) is 10.7. The van der Waals surface area contributed by atoms with E-state index in [-0.39, 0.29) is 0 Å². The van der Waals surface area contributed by atoms with Gasteiger partial charge in [0.15, 0.2) is 0 Å². The predicted octanol–water partition coefficient (Wildman–Crippen LogP) is 3.00. The lowest BCUT2D eigenvalue weighted by molar-refractivity contribution is 0.705. The lowest BCUT2D eigenvalue weighted by Gasteiger charge is -2.14. The first kappa shape index (κ1) is 13.0. The third kappa shape index (κ3) is 4.53. The number of nitriles is 1. The zero-order chi connectivity index (χ0) is 12.7. The molecular weight excluding hydrogens is 212 g/mol. The van der Waals surface area contributed by atoms with Crippen molar-refractivity contribution in [3.8, 4) is 6.07 Å². The summed E-state index contributed by atoms with van der Waals surface area (Å²) in [7, 11) is 0. The van der Waals surface area contributed by atoms with Crippen molar-refractivity contribution in [2.24, 2.45) is 0 Å². The number of nitrogens with zero attached hydrogens (tertiary/aromatic N) is 3. The molecule has 4 nitrogen and oxygen atoms in total. The normalized spacial score (nSPS) is 10.4. The van der Waals surface area contributed by atoms with Crippen LogP contribution in [-0.2, 0) is 6.42 Å². The van der Waals surface area contributed by atoms with Crippen LogP contribution < -0.4 is 5.32 Å². The highest BCUT2D eigenvalue weighted by atomic mass is 15.1. The summed E-state index contributed by atoms with van der Waals surface area (Å²) in [4.78, 5) is 7.77. The van der Waals surface area contributed by atoms with Gasteiger partial charge in [0.2, 0.25) is 0 Å². The highest BCUT2D eigenvalue weighted by Gasteiger charge is 2.21. The Balaban J connectivity index is 2.57. The van der Waals surface area contributed by atoms with Crippen LogP contribution >= 0.6 is 0 Å². The molecule has 1 N–H and O–H groups in total. The van der Waals surface area contributed by atoms with E-state index >= 15 is 0 Å². The molecule has 1 heterocycles. The van der Waals surface area contributed by atoms with Crippen molar-refractivity contribution in [3.63, 3.8) is 0 Å². The van der Waals surface area contributed by atoms with Gasteiger partial charge in [-0.25, -0.2) is 6.57 Å². The lowest BCUT2D eigenvalue weighted by atomic mass is 10.2. The molecular formula is C13H16N4. The van der Waals surface area contributed by atoms with E-state index in [9.17, 15) is 0 Å². The Kier molecular flexibility index (Phi) is 4.48. The fourth-order valence-corrected chi connectivity index (χ4v) is 1.38. The molecule has 0 bridgehead atoms. The molecule has 1 rings (SSSR count). The van der Waals surface area contributed by atoms with Crippen LogP contribution in [0.3, 0.4) is 0 Å². The number of aryl methyl sites for hydroxylation is 1. The molecule has 1 aromatic heterocycles. The van der Waals surface area contributed by atoms with E-state index in [0.717, 1.165) is 24.2 Å². The molecule has 0 spiro atoms. The summed E-state index contributed by atoms with van der Waals surface area (Å²) in [5.41, 5.74) is 1.21. The number of anilines is 1. The van der Waals surface area contributed by atoms with Gasteiger partial charge in [0, 0.05) is 26.0 Å². The van der Waals surface area contributed by atoms with Gasteiger partial charge in [-0.05, 0) is 25.0 Å². The highest BCUT2D eigenvalue weighted by molar-refractivity contribution is 5.44. The summed E-state index contributed by atoms with van der Waals surface area (Å²) < 4.78 is 0. The molecule has 0 aliphatic carbocycles. The molecule has 0 unspecified atom stereocenters. The quantitative estimate of drug-likeness (QED) is 0.622. The van der Waals surface area contributed by atoms with Crippen molar-refractivity contribution >= 4 is 5.69 Å². The average molecular weight is 228 g/mol. The molecule has 0 saturated carbocycles. The summed E-state index contributed by atoms with van der Waals surface area (Å²) in [6, 6.07) is 5.96. The zero-order valence-electron chi connectivity index (χ0n) is 10.2. The maximum atomic E-state index is 8.43. The molecule has 0 fully saturated rings. The maximum Gasteiger partial charge on any atom is 0.299 e. The van der Waals surface area contributed by atoms with E-state index < -0.39 is 5.66 Å². The van der Waals surface area contributed by atoms with Crippen LogP contribution in [0.5, 0.6) is 0 Å². The largest absolute Gasteiger partial charge is 0.313 e. The second-order valence-corrected chi connectivity index (χ2v) is 4.35. The second kappa shape index (κ2) is 5.86. The molecule has 0 aliphatic heterocycles. The Morgan fingerprint density at radius 3 is 2.82 bits per heavy atom. The van der Waals surface area contributed by atoms with Crippen molar-refractivity contribution < 1.29 is 0 Å². The molecule has 0 saturated heterocycles. The van der Waals surface area contributed by atoms with Crippen molar-refractivity contribution in [2.45, 2.75) is 38.8 Å². The van der Waals surface area contributed by atoms with Gasteiger partial charge in [0.1, 0.15) is 0 Å². The monoisotopic (exact) mass is 228 g/mol. The van der Waals surface area contributed by atoms with Crippen molar-refractivity contribution in [1.29, 1.82) is 5.26 Å².